The highest BCUT2D eigenvalue weighted by Crippen LogP contribution is 2.29. The van der Waals surface area contributed by atoms with E-state index in [1.165, 1.54) is 0 Å². The van der Waals surface area contributed by atoms with Crippen molar-refractivity contribution in [2.45, 2.75) is 39.7 Å². The standard InChI is InChI=1S/C11H21NO2/c1-9(14-4)10(13)12-7-5-11(2,3)6-8-12/h9H,5-8H2,1-4H3. The van der Waals surface area contributed by atoms with E-state index in [1.807, 2.05) is 11.8 Å². The van der Waals surface area contributed by atoms with Crippen molar-refractivity contribution < 1.29 is 9.53 Å². The lowest BCUT2D eigenvalue weighted by Crippen LogP contribution is -2.45. The molecule has 1 aliphatic heterocycles. The molecule has 14 heavy (non-hydrogen) atoms. The van der Waals surface area contributed by atoms with Crippen LogP contribution in [-0.4, -0.2) is 37.1 Å². The number of hydrogen-bond acceptors (Lipinski definition) is 2. The molecular weight excluding hydrogens is 178 g/mol. The Labute approximate surface area is 86.4 Å². The highest BCUT2D eigenvalue weighted by atomic mass is 16.5. The fourth-order valence-corrected chi connectivity index (χ4v) is 1.69. The number of amides is 1. The summed E-state index contributed by atoms with van der Waals surface area (Å²) in [4.78, 5) is 13.7. The van der Waals surface area contributed by atoms with Crippen LogP contribution in [0, 0.1) is 5.41 Å². The SMILES string of the molecule is COC(C)C(=O)N1CCC(C)(C)CC1. The van der Waals surface area contributed by atoms with E-state index >= 15 is 0 Å². The predicted octanol–water partition coefficient (Wildman–Crippen LogP) is 1.67. The molecule has 82 valence electrons. The number of piperidine rings is 1. The summed E-state index contributed by atoms with van der Waals surface area (Å²) in [6, 6.07) is 0. The minimum atomic E-state index is -0.295. The molecule has 0 radical (unpaired) electrons. The van der Waals surface area contributed by atoms with Gasteiger partial charge in [-0.25, -0.2) is 0 Å². The second-order valence-corrected chi connectivity index (χ2v) is 4.87. The van der Waals surface area contributed by atoms with Crippen LogP contribution >= 0.6 is 0 Å². The summed E-state index contributed by atoms with van der Waals surface area (Å²) in [6.07, 6.45) is 1.89. The van der Waals surface area contributed by atoms with E-state index in [2.05, 4.69) is 13.8 Å². The molecule has 0 aromatic heterocycles. The number of hydrogen-bond donors (Lipinski definition) is 0. The lowest BCUT2D eigenvalue weighted by Gasteiger charge is -2.37. The van der Waals surface area contributed by atoms with Gasteiger partial charge < -0.3 is 9.64 Å². The third-order valence-electron chi connectivity index (χ3n) is 3.13. The fraction of sp³-hybridized carbons (Fsp3) is 0.909. The zero-order valence-electron chi connectivity index (χ0n) is 9.67. The topological polar surface area (TPSA) is 29.5 Å². The molecular formula is C11H21NO2. The fourth-order valence-electron chi connectivity index (χ4n) is 1.69. The third-order valence-corrected chi connectivity index (χ3v) is 3.13. The molecule has 1 atom stereocenters. The Morgan fingerprint density at radius 1 is 1.36 bits per heavy atom. The maximum atomic E-state index is 11.7. The molecule has 3 nitrogen and oxygen atoms in total. The van der Waals surface area contributed by atoms with E-state index in [1.54, 1.807) is 7.11 Å². The second-order valence-electron chi connectivity index (χ2n) is 4.87. The summed E-state index contributed by atoms with van der Waals surface area (Å²) in [5.74, 6) is 0.128. The highest BCUT2D eigenvalue weighted by molar-refractivity contribution is 5.80. The van der Waals surface area contributed by atoms with Gasteiger partial charge in [-0.2, -0.15) is 0 Å². The molecule has 1 heterocycles. The quantitative estimate of drug-likeness (QED) is 0.677. The first kappa shape index (κ1) is 11.5. The second kappa shape index (κ2) is 4.30. The Bertz CT molecular complexity index is 203. The lowest BCUT2D eigenvalue weighted by molar-refractivity contribution is -0.143. The van der Waals surface area contributed by atoms with Gasteiger partial charge in [0, 0.05) is 20.2 Å². The molecule has 0 aliphatic carbocycles. The first-order valence-corrected chi connectivity index (χ1v) is 5.28. The number of likely N-dealkylation sites (tertiary alicyclic amines) is 1. The average Bonchev–Trinajstić information content (AvgIpc) is 2.15. The van der Waals surface area contributed by atoms with Gasteiger partial charge in [0.1, 0.15) is 6.10 Å². The van der Waals surface area contributed by atoms with Gasteiger partial charge in [-0.3, -0.25) is 4.79 Å². The summed E-state index contributed by atoms with van der Waals surface area (Å²) in [6.45, 7) is 8.07. The Morgan fingerprint density at radius 2 is 1.86 bits per heavy atom. The van der Waals surface area contributed by atoms with Crippen molar-refractivity contribution in [3.8, 4) is 0 Å². The van der Waals surface area contributed by atoms with Crippen LogP contribution in [0.2, 0.25) is 0 Å². The molecule has 0 aromatic carbocycles. The van der Waals surface area contributed by atoms with Crippen molar-refractivity contribution in [3.63, 3.8) is 0 Å². The van der Waals surface area contributed by atoms with Crippen molar-refractivity contribution in [2.24, 2.45) is 5.41 Å². The van der Waals surface area contributed by atoms with Crippen LogP contribution < -0.4 is 0 Å². The van der Waals surface area contributed by atoms with E-state index in [0.717, 1.165) is 25.9 Å². The van der Waals surface area contributed by atoms with Gasteiger partial charge in [-0.05, 0) is 25.2 Å². The third kappa shape index (κ3) is 2.71. The molecule has 0 saturated carbocycles. The molecule has 0 spiro atoms. The Hall–Kier alpha value is -0.570. The van der Waals surface area contributed by atoms with E-state index < -0.39 is 0 Å². The number of ether oxygens (including phenoxy) is 1. The molecule has 3 heteroatoms. The Balaban J connectivity index is 2.46. The molecule has 0 aromatic rings. The molecule has 1 rings (SSSR count). The normalized spacial score (nSPS) is 23.3. The zero-order valence-corrected chi connectivity index (χ0v) is 9.67. The molecule has 0 N–H and O–H groups in total. The molecule has 1 fully saturated rings. The largest absolute Gasteiger partial charge is 0.372 e. The number of carbonyl (C=O) groups is 1. The summed E-state index contributed by atoms with van der Waals surface area (Å²) < 4.78 is 5.03. The van der Waals surface area contributed by atoms with E-state index in [9.17, 15) is 4.79 Å². The van der Waals surface area contributed by atoms with Gasteiger partial charge >= 0.3 is 0 Å². The van der Waals surface area contributed by atoms with Crippen LogP contribution in [0.4, 0.5) is 0 Å². The van der Waals surface area contributed by atoms with E-state index in [-0.39, 0.29) is 12.0 Å². The molecule has 0 bridgehead atoms. The van der Waals surface area contributed by atoms with Crippen LogP contribution in [0.15, 0.2) is 0 Å². The summed E-state index contributed by atoms with van der Waals surface area (Å²) in [7, 11) is 1.58. The van der Waals surface area contributed by atoms with Crippen molar-refractivity contribution in [1.29, 1.82) is 0 Å². The average molecular weight is 199 g/mol. The number of rotatable bonds is 2. The zero-order chi connectivity index (χ0) is 10.8. The number of carbonyl (C=O) groups excluding carboxylic acids is 1. The summed E-state index contributed by atoms with van der Waals surface area (Å²) in [5, 5.41) is 0. The van der Waals surface area contributed by atoms with Gasteiger partial charge in [-0.1, -0.05) is 13.8 Å². The van der Waals surface area contributed by atoms with Crippen molar-refractivity contribution in [1.82, 2.24) is 4.90 Å². The van der Waals surface area contributed by atoms with Gasteiger partial charge in [0.05, 0.1) is 0 Å². The van der Waals surface area contributed by atoms with Crippen LogP contribution in [0.5, 0.6) is 0 Å². The maximum Gasteiger partial charge on any atom is 0.251 e. The first-order valence-electron chi connectivity index (χ1n) is 5.28. The van der Waals surface area contributed by atoms with Crippen LogP contribution in [0.1, 0.15) is 33.6 Å². The molecule has 1 amide bonds. The summed E-state index contributed by atoms with van der Waals surface area (Å²) >= 11 is 0. The molecule has 1 aliphatic rings. The van der Waals surface area contributed by atoms with Crippen molar-refractivity contribution >= 4 is 5.91 Å². The summed E-state index contributed by atoms with van der Waals surface area (Å²) in [5.41, 5.74) is 0.396. The molecule has 1 unspecified atom stereocenters. The van der Waals surface area contributed by atoms with E-state index in [0.29, 0.717) is 5.41 Å². The minimum Gasteiger partial charge on any atom is -0.372 e. The number of methoxy groups -OCH3 is 1. The van der Waals surface area contributed by atoms with Gasteiger partial charge in [0.2, 0.25) is 0 Å². The van der Waals surface area contributed by atoms with E-state index in [4.69, 9.17) is 4.74 Å². The van der Waals surface area contributed by atoms with Gasteiger partial charge in [0.25, 0.3) is 5.91 Å². The molecule has 1 saturated heterocycles. The van der Waals surface area contributed by atoms with Gasteiger partial charge in [-0.15, -0.1) is 0 Å². The highest BCUT2D eigenvalue weighted by Gasteiger charge is 2.29. The monoisotopic (exact) mass is 199 g/mol. The lowest BCUT2D eigenvalue weighted by atomic mass is 9.82. The van der Waals surface area contributed by atoms with Crippen LogP contribution in [-0.2, 0) is 9.53 Å². The maximum absolute atomic E-state index is 11.7. The smallest absolute Gasteiger partial charge is 0.251 e. The van der Waals surface area contributed by atoms with Gasteiger partial charge in [0.15, 0.2) is 0 Å². The number of nitrogens with zero attached hydrogens (tertiary/aromatic N) is 1. The van der Waals surface area contributed by atoms with Crippen molar-refractivity contribution in [3.05, 3.63) is 0 Å². The Kier molecular flexibility index (Phi) is 3.53. The van der Waals surface area contributed by atoms with Crippen molar-refractivity contribution in [2.75, 3.05) is 20.2 Å². The van der Waals surface area contributed by atoms with Crippen LogP contribution in [0.3, 0.4) is 0 Å². The minimum absolute atomic E-state index is 0.128. The first-order chi connectivity index (χ1) is 6.46. The predicted molar refractivity (Wildman–Crippen MR) is 56.1 cm³/mol. The Morgan fingerprint density at radius 3 is 2.29 bits per heavy atom. The van der Waals surface area contributed by atoms with Crippen LogP contribution in [0.25, 0.3) is 0 Å².